The molecule has 1 aliphatic carbocycles. The van der Waals surface area contributed by atoms with Gasteiger partial charge in [0.1, 0.15) is 23.5 Å². The Labute approximate surface area is 235 Å². The maximum absolute atomic E-state index is 13.2. The summed E-state index contributed by atoms with van der Waals surface area (Å²) in [5.74, 6) is -3.75. The number of nitrogens with one attached hydrogen (secondary N) is 2. The molecular formula is C20H26N10O9S2. The monoisotopic (exact) mass is 614 g/mol. The summed E-state index contributed by atoms with van der Waals surface area (Å²) in [5, 5.41) is 27.5. The average molecular weight is 615 g/mol. The van der Waals surface area contributed by atoms with Crippen molar-refractivity contribution in [3.63, 3.8) is 0 Å². The normalized spacial score (nSPS) is 19.8. The van der Waals surface area contributed by atoms with Crippen molar-refractivity contribution >= 4 is 56.2 Å². The van der Waals surface area contributed by atoms with Crippen molar-refractivity contribution in [3.8, 4) is 0 Å². The van der Waals surface area contributed by atoms with Crippen LogP contribution in [0.3, 0.4) is 0 Å². The van der Waals surface area contributed by atoms with Gasteiger partial charge in [0, 0.05) is 24.6 Å². The zero-order valence-electron chi connectivity index (χ0n) is 21.2. The largest absolute Gasteiger partial charge is 0.478 e. The summed E-state index contributed by atoms with van der Waals surface area (Å²) >= 11 is 0.957. The minimum atomic E-state index is -5.03. The molecule has 0 radical (unpaired) electrons. The molecule has 2 aliphatic rings. The first kappa shape index (κ1) is 29.8. The number of carboxylic acids is 1. The Balaban J connectivity index is 1.50. The van der Waals surface area contributed by atoms with Crippen molar-refractivity contribution in [2.75, 3.05) is 12.3 Å². The molecular weight excluding hydrogens is 588 g/mol. The van der Waals surface area contributed by atoms with Crippen LogP contribution in [0, 0.1) is 0 Å². The second kappa shape index (κ2) is 11.7. The van der Waals surface area contributed by atoms with Crippen LogP contribution in [0.2, 0.25) is 0 Å². The number of aliphatic carboxylic acids is 1. The van der Waals surface area contributed by atoms with Crippen molar-refractivity contribution in [2.45, 2.75) is 56.5 Å². The van der Waals surface area contributed by atoms with Crippen LogP contribution in [0.5, 0.6) is 0 Å². The highest BCUT2D eigenvalue weighted by Crippen LogP contribution is 2.40. The van der Waals surface area contributed by atoms with Crippen LogP contribution in [0.15, 0.2) is 16.7 Å². The van der Waals surface area contributed by atoms with Gasteiger partial charge in [-0.3, -0.25) is 18.9 Å². The second-order valence-electron chi connectivity index (χ2n) is 9.09. The smallest absolute Gasteiger partial charge is 0.362 e. The molecule has 4 rings (SSSR count). The predicted octanol–water partition coefficient (Wildman–Crippen LogP) is -2.79. The number of hydrogen-bond acceptors (Lipinski definition) is 14. The van der Waals surface area contributed by atoms with Crippen LogP contribution in [0.1, 0.15) is 37.1 Å². The Kier molecular flexibility index (Phi) is 8.51. The van der Waals surface area contributed by atoms with Crippen LogP contribution in [-0.2, 0) is 47.4 Å². The number of anilines is 1. The van der Waals surface area contributed by atoms with E-state index < -0.39 is 51.5 Å². The molecule has 0 aromatic carbocycles. The number of hydrogen-bond donors (Lipinski definition) is 6. The van der Waals surface area contributed by atoms with E-state index in [0.29, 0.717) is 18.7 Å². The van der Waals surface area contributed by atoms with E-state index in [1.165, 1.54) is 11.6 Å². The Bertz CT molecular complexity index is 1480. The molecule has 2 atom stereocenters. The Morgan fingerprint density at radius 2 is 2.05 bits per heavy atom. The minimum Gasteiger partial charge on any atom is -0.478 e. The van der Waals surface area contributed by atoms with Gasteiger partial charge in [-0.25, -0.2) is 14.1 Å². The van der Waals surface area contributed by atoms with Gasteiger partial charge in [-0.15, -0.1) is 11.3 Å². The third-order valence-corrected chi connectivity index (χ3v) is 7.72. The zero-order chi connectivity index (χ0) is 29.9. The number of nitrogen functional groups attached to an aromatic ring is 1. The standard InChI is InChI=1S/C20H26N10O9S2/c21-5-1-2-13(31)23-6-10-7-24-29(27-10)8-12-15(17(33)30(12)41(36,37)38)26-16(32)14(11-9-40-19(22)25-11)28-39-20(3-4-20)18(34)35/h7,9,12,15H,1-6,8,21H2,(H2,22,25)(H,23,31)(H,26,32)(H,34,35)(H,36,37,38). The van der Waals surface area contributed by atoms with Gasteiger partial charge in [-0.2, -0.15) is 23.4 Å². The third kappa shape index (κ3) is 6.75. The molecule has 2 aromatic heterocycles. The van der Waals surface area contributed by atoms with Gasteiger partial charge < -0.3 is 32.0 Å². The number of rotatable bonds is 14. The first-order valence-corrected chi connectivity index (χ1v) is 14.3. The molecule has 0 bridgehead atoms. The van der Waals surface area contributed by atoms with E-state index in [0.717, 1.165) is 16.1 Å². The fraction of sp³-hybridized carbons (Fsp3) is 0.500. The maximum atomic E-state index is 13.2. The van der Waals surface area contributed by atoms with Gasteiger partial charge in [0.2, 0.25) is 11.5 Å². The van der Waals surface area contributed by atoms with E-state index >= 15 is 0 Å². The molecule has 19 nitrogen and oxygen atoms in total. The van der Waals surface area contributed by atoms with E-state index in [2.05, 4.69) is 31.0 Å². The molecule has 8 N–H and O–H groups in total. The van der Waals surface area contributed by atoms with Crippen LogP contribution in [0.4, 0.5) is 5.13 Å². The van der Waals surface area contributed by atoms with Crippen LogP contribution >= 0.6 is 11.3 Å². The van der Waals surface area contributed by atoms with Gasteiger partial charge >= 0.3 is 16.3 Å². The molecule has 2 fully saturated rings. The van der Waals surface area contributed by atoms with Crippen LogP contribution in [0.25, 0.3) is 0 Å². The number of carbonyl (C=O) groups excluding carboxylic acids is 3. The van der Waals surface area contributed by atoms with E-state index in [9.17, 15) is 37.3 Å². The number of nitrogens with zero attached hydrogens (tertiary/aromatic N) is 6. The summed E-state index contributed by atoms with van der Waals surface area (Å²) in [5.41, 5.74) is 9.15. The lowest BCUT2D eigenvalue weighted by Crippen LogP contribution is -2.73. The first-order chi connectivity index (χ1) is 19.3. The quantitative estimate of drug-likeness (QED) is 0.0543. The van der Waals surface area contributed by atoms with E-state index in [4.69, 9.17) is 16.3 Å². The average Bonchev–Trinajstić information content (AvgIpc) is 3.37. The minimum absolute atomic E-state index is 0.0175. The van der Waals surface area contributed by atoms with Crippen molar-refractivity contribution in [1.82, 2.24) is 34.9 Å². The topological polar surface area (TPSA) is 287 Å². The van der Waals surface area contributed by atoms with Crippen molar-refractivity contribution < 1.29 is 42.1 Å². The Morgan fingerprint density at radius 3 is 2.63 bits per heavy atom. The number of amides is 3. The summed E-state index contributed by atoms with van der Waals surface area (Å²) in [4.78, 5) is 59.2. The molecule has 2 aromatic rings. The van der Waals surface area contributed by atoms with Crippen molar-refractivity contribution in [3.05, 3.63) is 23.0 Å². The summed E-state index contributed by atoms with van der Waals surface area (Å²) in [7, 11) is -5.03. The lowest BCUT2D eigenvalue weighted by Gasteiger charge is -2.43. The molecule has 2 unspecified atom stereocenters. The van der Waals surface area contributed by atoms with E-state index in [1.807, 2.05) is 0 Å². The Hall–Kier alpha value is -4.21. The highest BCUT2D eigenvalue weighted by Gasteiger charge is 2.56. The number of thiazole rings is 1. The lowest BCUT2D eigenvalue weighted by molar-refractivity contribution is -0.153. The number of aromatic nitrogens is 4. The first-order valence-electron chi connectivity index (χ1n) is 12.0. The SMILES string of the molecule is NCCCC(=O)NCc1cnn(CC2C(NC(=O)C(=NOC3(C(=O)O)CC3)c3csc(N)n3)C(=O)N2S(=O)(=O)O)n1. The van der Waals surface area contributed by atoms with Gasteiger partial charge in [-0.05, 0) is 13.0 Å². The third-order valence-electron chi connectivity index (χ3n) is 6.10. The van der Waals surface area contributed by atoms with Gasteiger partial charge in [-0.1, -0.05) is 5.16 Å². The molecule has 1 saturated carbocycles. The molecule has 222 valence electrons. The Morgan fingerprint density at radius 1 is 1.32 bits per heavy atom. The molecule has 21 heteroatoms. The number of β-lactam (4-membered cyclic amide) rings is 1. The van der Waals surface area contributed by atoms with E-state index in [1.54, 1.807) is 0 Å². The second-order valence-corrected chi connectivity index (χ2v) is 11.3. The fourth-order valence-corrected chi connectivity index (χ4v) is 5.17. The highest BCUT2D eigenvalue weighted by atomic mass is 32.2. The number of nitrogens with two attached hydrogens (primary N) is 2. The maximum Gasteiger partial charge on any atom is 0.362 e. The molecule has 3 heterocycles. The fourth-order valence-electron chi connectivity index (χ4n) is 3.75. The molecule has 3 amide bonds. The predicted molar refractivity (Wildman–Crippen MR) is 138 cm³/mol. The van der Waals surface area contributed by atoms with Crippen LogP contribution in [-0.4, -0.2) is 96.0 Å². The number of carboxylic acid groups (broad SMARTS) is 1. The lowest BCUT2D eigenvalue weighted by atomic mass is 9.98. The molecule has 1 aliphatic heterocycles. The van der Waals surface area contributed by atoms with Gasteiger partial charge in [0.25, 0.3) is 11.8 Å². The van der Waals surface area contributed by atoms with Gasteiger partial charge in [0.05, 0.1) is 19.3 Å². The van der Waals surface area contributed by atoms with Crippen molar-refractivity contribution in [1.29, 1.82) is 0 Å². The summed E-state index contributed by atoms with van der Waals surface area (Å²) in [6.07, 6.45) is 2.34. The van der Waals surface area contributed by atoms with E-state index in [-0.39, 0.29) is 53.4 Å². The molecule has 0 spiro atoms. The molecule has 1 saturated heterocycles. The summed E-state index contributed by atoms with van der Waals surface area (Å²) in [6, 6.07) is -2.86. The summed E-state index contributed by atoms with van der Waals surface area (Å²) < 4.78 is 33.5. The van der Waals surface area contributed by atoms with Crippen molar-refractivity contribution in [2.24, 2.45) is 10.9 Å². The van der Waals surface area contributed by atoms with Crippen LogP contribution < -0.4 is 22.1 Å². The van der Waals surface area contributed by atoms with Gasteiger partial charge in [0.15, 0.2) is 10.8 Å². The number of oxime groups is 1. The highest BCUT2D eigenvalue weighted by molar-refractivity contribution is 7.84. The zero-order valence-corrected chi connectivity index (χ0v) is 22.8. The number of carbonyl (C=O) groups is 4. The summed E-state index contributed by atoms with van der Waals surface area (Å²) in [6.45, 7) is -0.0110. The molecule has 41 heavy (non-hydrogen) atoms.